The van der Waals surface area contributed by atoms with Crippen LogP contribution in [0.15, 0.2) is 48.9 Å². The van der Waals surface area contributed by atoms with Crippen molar-refractivity contribution in [2.24, 2.45) is 18.4 Å². The Morgan fingerprint density at radius 3 is 2.50 bits per heavy atom. The second kappa shape index (κ2) is 9.06. The molecule has 0 amide bonds. The number of nitrogens with zero attached hydrogens (tertiary/aromatic N) is 6. The molecule has 1 saturated carbocycles. The normalized spacial score (nSPS) is 24.3. The van der Waals surface area contributed by atoms with E-state index in [0.29, 0.717) is 17.1 Å². The van der Waals surface area contributed by atoms with Crippen molar-refractivity contribution < 1.29 is 13.2 Å². The molecule has 0 unspecified atom stereocenters. The van der Waals surface area contributed by atoms with Gasteiger partial charge in [-0.15, -0.1) is 10.2 Å². The minimum atomic E-state index is -4.47. The molecule has 2 aromatic heterocycles. The summed E-state index contributed by atoms with van der Waals surface area (Å²) >= 11 is 0. The first-order valence-electron chi connectivity index (χ1n) is 14.1. The molecule has 1 spiro atoms. The molecule has 2 aromatic carbocycles. The number of nitrogens with one attached hydrogen (secondary N) is 1. The number of piperidine rings is 1. The molecule has 7 nitrogen and oxygen atoms in total. The number of alkyl halides is 3. The first-order valence-corrected chi connectivity index (χ1v) is 14.1. The summed E-state index contributed by atoms with van der Waals surface area (Å²) in [6.07, 6.45) is 3.75. The third-order valence-corrected chi connectivity index (χ3v) is 9.50. The van der Waals surface area contributed by atoms with E-state index in [1.165, 1.54) is 12.3 Å². The highest BCUT2D eigenvalue weighted by atomic mass is 19.4. The highest BCUT2D eigenvalue weighted by Gasteiger charge is 2.45. The van der Waals surface area contributed by atoms with Crippen LogP contribution in [0.4, 0.5) is 18.9 Å². The van der Waals surface area contributed by atoms with Gasteiger partial charge in [-0.05, 0) is 74.5 Å². The third-order valence-electron chi connectivity index (χ3n) is 9.50. The van der Waals surface area contributed by atoms with E-state index in [1.807, 2.05) is 29.8 Å². The Bertz CT molecular complexity index is 1550. The number of fused-ring (bicyclic) bond motifs is 1. The predicted molar refractivity (Wildman–Crippen MR) is 148 cm³/mol. The van der Waals surface area contributed by atoms with Gasteiger partial charge in [0.05, 0.1) is 16.8 Å². The van der Waals surface area contributed by atoms with E-state index in [4.69, 9.17) is 0 Å². The lowest BCUT2D eigenvalue weighted by Crippen LogP contribution is -2.60. The minimum Gasteiger partial charge on any atom is -0.370 e. The van der Waals surface area contributed by atoms with E-state index in [9.17, 15) is 13.2 Å². The summed E-state index contributed by atoms with van der Waals surface area (Å²) in [5, 5.41) is 16.6. The molecule has 1 aliphatic carbocycles. The predicted octanol–water partition coefficient (Wildman–Crippen LogP) is 5.27. The summed E-state index contributed by atoms with van der Waals surface area (Å²) in [4.78, 5) is 2.08. The van der Waals surface area contributed by atoms with E-state index < -0.39 is 11.7 Å². The maximum atomic E-state index is 14.3. The topological polar surface area (TPSA) is 63.8 Å². The van der Waals surface area contributed by atoms with Gasteiger partial charge in [-0.3, -0.25) is 0 Å². The Morgan fingerprint density at radius 2 is 1.82 bits per heavy atom. The van der Waals surface area contributed by atoms with Gasteiger partial charge in [0.2, 0.25) is 0 Å². The van der Waals surface area contributed by atoms with E-state index in [0.717, 1.165) is 75.4 Å². The Labute approximate surface area is 231 Å². The van der Waals surface area contributed by atoms with Gasteiger partial charge in [0.25, 0.3) is 0 Å². The molecule has 3 fully saturated rings. The van der Waals surface area contributed by atoms with Crippen molar-refractivity contribution in [1.29, 1.82) is 0 Å². The van der Waals surface area contributed by atoms with E-state index in [2.05, 4.69) is 44.6 Å². The molecule has 210 valence electrons. The summed E-state index contributed by atoms with van der Waals surface area (Å²) in [7, 11) is 1.95. The summed E-state index contributed by atoms with van der Waals surface area (Å²) in [6.45, 7) is 5.80. The molecule has 40 heavy (non-hydrogen) atoms. The molecule has 1 N–H and O–H groups in total. The van der Waals surface area contributed by atoms with Crippen LogP contribution in [0.3, 0.4) is 0 Å². The highest BCUT2D eigenvalue weighted by molar-refractivity contribution is 5.87. The number of aromatic nitrogens is 5. The molecule has 4 heterocycles. The third kappa shape index (κ3) is 4.27. The van der Waals surface area contributed by atoms with Gasteiger partial charge in [-0.25, -0.2) is 4.68 Å². The molecule has 10 heteroatoms. The molecule has 3 aliphatic rings. The molecule has 4 aromatic rings. The number of aryl methyl sites for hydroxylation is 1. The van der Waals surface area contributed by atoms with Crippen molar-refractivity contribution in [2.45, 2.75) is 50.6 Å². The minimum absolute atomic E-state index is 0.0742. The number of benzene rings is 2. The lowest BCUT2D eigenvalue weighted by Gasteiger charge is -2.53. The molecular weight excluding hydrogens is 515 g/mol. The van der Waals surface area contributed by atoms with Gasteiger partial charge >= 0.3 is 6.18 Å². The van der Waals surface area contributed by atoms with Crippen LogP contribution in [0.2, 0.25) is 0 Å². The fraction of sp³-hybridized carbons (Fsp3) is 0.500. The van der Waals surface area contributed by atoms with Gasteiger partial charge in [0.15, 0.2) is 0 Å². The Balaban J connectivity index is 1.23. The summed E-state index contributed by atoms with van der Waals surface area (Å²) in [5.41, 5.74) is 2.42. The first-order chi connectivity index (χ1) is 19.1. The van der Waals surface area contributed by atoms with Crippen molar-refractivity contribution in [3.63, 3.8) is 0 Å². The second-order valence-electron chi connectivity index (χ2n) is 12.5. The van der Waals surface area contributed by atoms with Crippen molar-refractivity contribution in [2.75, 3.05) is 31.1 Å². The highest BCUT2D eigenvalue weighted by Crippen LogP contribution is 2.50. The standard InChI is InChI=1S/C30H34F3N7/c1-20-13-29(14-20,15-27-36-35-19-38(27)2)21-4-3-5-22(10-21)40-16-24-25(30(31,32)33)11-23(12-26(24)37-40)39-17-28(18-39)6-8-34-9-7-28/h3-5,10-12,16,19-20,34H,6-9,13-15,17-18H2,1-2H3/t20-,29-. The summed E-state index contributed by atoms with van der Waals surface area (Å²) in [6, 6.07) is 11.2. The first kappa shape index (κ1) is 25.6. The van der Waals surface area contributed by atoms with Crippen LogP contribution >= 0.6 is 0 Å². The zero-order valence-corrected chi connectivity index (χ0v) is 22.9. The Kier molecular flexibility index (Phi) is 5.79. The number of hydrogen-bond acceptors (Lipinski definition) is 5. The van der Waals surface area contributed by atoms with Crippen LogP contribution in [0.25, 0.3) is 16.6 Å². The molecular formula is C30H34F3N7. The van der Waals surface area contributed by atoms with E-state index >= 15 is 0 Å². The van der Waals surface area contributed by atoms with Crippen molar-refractivity contribution in [3.05, 3.63) is 65.9 Å². The van der Waals surface area contributed by atoms with Crippen LogP contribution in [-0.2, 0) is 25.1 Å². The van der Waals surface area contributed by atoms with Crippen molar-refractivity contribution >= 4 is 16.6 Å². The van der Waals surface area contributed by atoms with Gasteiger partial charge in [-0.2, -0.15) is 18.3 Å². The lowest BCUT2D eigenvalue weighted by atomic mass is 9.57. The van der Waals surface area contributed by atoms with Crippen LogP contribution in [0, 0.1) is 11.3 Å². The monoisotopic (exact) mass is 549 g/mol. The SMILES string of the molecule is Cn1cnnc1C[C@]1(c2cccc(-n3cc4c(C(F)(F)F)cc(N5CC6(CCNCC6)C5)cc4n3)c2)C[C@H](C)C1. The quantitative estimate of drug-likeness (QED) is 0.367. The van der Waals surface area contributed by atoms with Crippen LogP contribution in [-0.4, -0.2) is 50.7 Å². The number of anilines is 1. The van der Waals surface area contributed by atoms with Crippen molar-refractivity contribution in [3.8, 4) is 5.69 Å². The Hall–Kier alpha value is -3.40. The van der Waals surface area contributed by atoms with Crippen LogP contribution in [0.1, 0.15) is 49.6 Å². The summed E-state index contributed by atoms with van der Waals surface area (Å²) in [5.74, 6) is 1.53. The van der Waals surface area contributed by atoms with E-state index in [1.54, 1.807) is 11.0 Å². The smallest absolute Gasteiger partial charge is 0.370 e. The number of halogens is 3. The number of hydrogen-bond donors (Lipinski definition) is 1. The zero-order chi connectivity index (χ0) is 27.7. The maximum Gasteiger partial charge on any atom is 0.417 e. The van der Waals surface area contributed by atoms with Crippen molar-refractivity contribution in [1.82, 2.24) is 29.9 Å². The second-order valence-corrected chi connectivity index (χ2v) is 12.5. The molecule has 2 aliphatic heterocycles. The van der Waals surface area contributed by atoms with Crippen LogP contribution < -0.4 is 10.2 Å². The van der Waals surface area contributed by atoms with Gasteiger partial charge in [0, 0.05) is 54.7 Å². The molecule has 0 bridgehead atoms. The fourth-order valence-corrected chi connectivity index (χ4v) is 7.38. The fourth-order valence-electron chi connectivity index (χ4n) is 7.38. The molecule has 0 radical (unpaired) electrons. The zero-order valence-electron chi connectivity index (χ0n) is 22.9. The lowest BCUT2D eigenvalue weighted by molar-refractivity contribution is -0.136. The van der Waals surface area contributed by atoms with Crippen LogP contribution in [0.5, 0.6) is 0 Å². The summed E-state index contributed by atoms with van der Waals surface area (Å²) < 4.78 is 46.4. The number of rotatable bonds is 5. The van der Waals surface area contributed by atoms with Gasteiger partial charge < -0.3 is 14.8 Å². The average molecular weight is 550 g/mol. The average Bonchev–Trinajstić information content (AvgIpc) is 3.51. The Morgan fingerprint density at radius 1 is 1.05 bits per heavy atom. The maximum absolute atomic E-state index is 14.3. The van der Waals surface area contributed by atoms with Gasteiger partial charge in [-0.1, -0.05) is 19.1 Å². The molecule has 7 rings (SSSR count). The van der Waals surface area contributed by atoms with Gasteiger partial charge in [0.1, 0.15) is 12.2 Å². The molecule has 0 atom stereocenters. The van der Waals surface area contributed by atoms with E-state index in [-0.39, 0.29) is 16.2 Å². The largest absolute Gasteiger partial charge is 0.417 e. The molecule has 2 saturated heterocycles.